The Bertz CT molecular complexity index is 1030. The van der Waals surface area contributed by atoms with Gasteiger partial charge in [-0.05, 0) is 42.0 Å². The monoisotopic (exact) mass is 419 g/mol. The molecule has 156 valence electrons. The number of aromatic nitrogens is 2. The van der Waals surface area contributed by atoms with Crippen LogP contribution in [0.1, 0.15) is 11.1 Å². The van der Waals surface area contributed by atoms with Crippen molar-refractivity contribution in [1.82, 2.24) is 9.97 Å². The fourth-order valence-corrected chi connectivity index (χ4v) is 2.58. The van der Waals surface area contributed by atoms with Gasteiger partial charge in [0.05, 0.1) is 17.6 Å². The summed E-state index contributed by atoms with van der Waals surface area (Å²) in [6.07, 6.45) is -3.35. The Balaban J connectivity index is 1.81. The van der Waals surface area contributed by atoms with Gasteiger partial charge in [-0.3, -0.25) is 10.1 Å². The maximum atomic E-state index is 12.7. The molecular formula is C19H16F3N5O3. The lowest BCUT2D eigenvalue weighted by atomic mass is 10.2. The van der Waals surface area contributed by atoms with Crippen molar-refractivity contribution in [2.75, 3.05) is 17.7 Å². The Hall–Kier alpha value is -3.89. The molecule has 1 aromatic heterocycles. The van der Waals surface area contributed by atoms with Crippen LogP contribution < -0.4 is 15.4 Å². The zero-order valence-corrected chi connectivity index (χ0v) is 15.6. The topological polar surface area (TPSA) is 102 Å². The second-order valence-electron chi connectivity index (χ2n) is 6.08. The highest BCUT2D eigenvalue weighted by molar-refractivity contribution is 5.73. The largest absolute Gasteiger partial charge is 0.497 e. The molecule has 11 heteroatoms. The van der Waals surface area contributed by atoms with Gasteiger partial charge in [0.25, 0.3) is 0 Å². The van der Waals surface area contributed by atoms with Crippen LogP contribution in [0, 0.1) is 10.1 Å². The lowest BCUT2D eigenvalue weighted by Crippen LogP contribution is -2.08. The average molecular weight is 419 g/mol. The van der Waals surface area contributed by atoms with Crippen LogP contribution in [0.15, 0.2) is 54.9 Å². The molecule has 0 aliphatic rings. The van der Waals surface area contributed by atoms with Crippen LogP contribution in [0.25, 0.3) is 0 Å². The summed E-state index contributed by atoms with van der Waals surface area (Å²) in [5.74, 6) is 0.502. The van der Waals surface area contributed by atoms with Gasteiger partial charge >= 0.3 is 11.9 Å². The Morgan fingerprint density at radius 1 is 1.03 bits per heavy atom. The van der Waals surface area contributed by atoms with E-state index in [9.17, 15) is 23.3 Å². The van der Waals surface area contributed by atoms with Gasteiger partial charge in [0.15, 0.2) is 0 Å². The Kier molecular flexibility index (Phi) is 6.00. The molecule has 0 fully saturated rings. The Morgan fingerprint density at radius 3 is 2.23 bits per heavy atom. The molecule has 0 atom stereocenters. The van der Waals surface area contributed by atoms with Crippen LogP contribution in [0.2, 0.25) is 0 Å². The van der Waals surface area contributed by atoms with E-state index in [1.165, 1.54) is 12.1 Å². The summed E-state index contributed by atoms with van der Waals surface area (Å²) < 4.78 is 43.2. The van der Waals surface area contributed by atoms with Crippen LogP contribution in [-0.4, -0.2) is 22.0 Å². The van der Waals surface area contributed by atoms with Gasteiger partial charge < -0.3 is 15.4 Å². The summed E-state index contributed by atoms with van der Waals surface area (Å²) in [6.45, 7) is 0.252. The van der Waals surface area contributed by atoms with Crippen LogP contribution in [0.3, 0.4) is 0 Å². The number of hydrogen-bond acceptors (Lipinski definition) is 7. The first-order chi connectivity index (χ1) is 14.3. The fourth-order valence-electron chi connectivity index (χ4n) is 2.58. The van der Waals surface area contributed by atoms with Gasteiger partial charge in [-0.15, -0.1) is 0 Å². The van der Waals surface area contributed by atoms with Crippen molar-refractivity contribution in [2.45, 2.75) is 12.7 Å². The third-order valence-corrected chi connectivity index (χ3v) is 4.10. The van der Waals surface area contributed by atoms with E-state index in [1.54, 1.807) is 31.4 Å². The second-order valence-corrected chi connectivity index (χ2v) is 6.08. The molecule has 2 N–H and O–H groups in total. The third kappa shape index (κ3) is 4.93. The zero-order chi connectivity index (χ0) is 21.7. The average Bonchev–Trinajstić information content (AvgIpc) is 2.72. The van der Waals surface area contributed by atoms with Crippen LogP contribution in [-0.2, 0) is 12.7 Å². The molecular weight excluding hydrogens is 403 g/mol. The van der Waals surface area contributed by atoms with E-state index in [-0.39, 0.29) is 23.9 Å². The van der Waals surface area contributed by atoms with E-state index in [0.717, 1.165) is 24.0 Å². The van der Waals surface area contributed by atoms with Gasteiger partial charge in [0.1, 0.15) is 12.1 Å². The maximum Gasteiger partial charge on any atom is 0.416 e. The van der Waals surface area contributed by atoms with E-state index < -0.39 is 22.4 Å². The minimum Gasteiger partial charge on any atom is -0.497 e. The molecule has 0 spiro atoms. The van der Waals surface area contributed by atoms with E-state index >= 15 is 0 Å². The summed E-state index contributed by atoms with van der Waals surface area (Å²) in [7, 11) is 1.54. The molecule has 0 bridgehead atoms. The molecule has 3 rings (SSSR count). The number of alkyl halides is 3. The molecule has 0 amide bonds. The van der Waals surface area contributed by atoms with Gasteiger partial charge in [0, 0.05) is 12.2 Å². The molecule has 0 aliphatic heterocycles. The highest BCUT2D eigenvalue weighted by atomic mass is 19.4. The van der Waals surface area contributed by atoms with Crippen molar-refractivity contribution in [2.24, 2.45) is 0 Å². The molecule has 2 aromatic carbocycles. The number of hydrogen-bond donors (Lipinski definition) is 2. The number of nitrogens with one attached hydrogen (secondary N) is 2. The van der Waals surface area contributed by atoms with E-state index in [4.69, 9.17) is 4.74 Å². The van der Waals surface area contributed by atoms with E-state index in [1.807, 2.05) is 0 Å². The SMILES string of the molecule is COc1ccc(CNc2ncnc(Nc3ccc(C(F)(F)F)cc3)c2[N+](=O)[O-])cc1. The molecule has 0 saturated heterocycles. The van der Waals surface area contributed by atoms with Crippen molar-refractivity contribution in [3.05, 3.63) is 76.1 Å². The molecule has 1 heterocycles. The molecule has 3 aromatic rings. The first kappa shape index (κ1) is 20.8. The first-order valence-corrected chi connectivity index (χ1v) is 8.58. The van der Waals surface area contributed by atoms with Gasteiger partial charge in [-0.2, -0.15) is 13.2 Å². The number of halogens is 3. The van der Waals surface area contributed by atoms with Gasteiger partial charge in [0.2, 0.25) is 11.6 Å². The molecule has 0 radical (unpaired) electrons. The van der Waals surface area contributed by atoms with Gasteiger partial charge in [-0.1, -0.05) is 12.1 Å². The summed E-state index contributed by atoms with van der Waals surface area (Å²) in [6, 6.07) is 11.2. The first-order valence-electron chi connectivity index (χ1n) is 8.58. The molecule has 0 unspecified atom stereocenters. The molecule has 30 heavy (non-hydrogen) atoms. The van der Waals surface area contributed by atoms with Crippen molar-refractivity contribution in [3.63, 3.8) is 0 Å². The minimum atomic E-state index is -4.47. The Labute approximate surface area is 168 Å². The Morgan fingerprint density at radius 2 is 1.67 bits per heavy atom. The number of anilines is 3. The summed E-state index contributed by atoms with van der Waals surface area (Å²) in [4.78, 5) is 18.7. The van der Waals surface area contributed by atoms with Crippen molar-refractivity contribution in [1.29, 1.82) is 0 Å². The summed E-state index contributed by atoms with van der Waals surface area (Å²) >= 11 is 0. The predicted octanol–water partition coefficient (Wildman–Crippen LogP) is 4.77. The van der Waals surface area contributed by atoms with Crippen molar-refractivity contribution >= 4 is 23.0 Å². The van der Waals surface area contributed by atoms with Crippen LogP contribution >= 0.6 is 0 Å². The minimum absolute atomic E-state index is 0.0276. The highest BCUT2D eigenvalue weighted by Crippen LogP contribution is 2.33. The van der Waals surface area contributed by atoms with Gasteiger partial charge in [-0.25, -0.2) is 9.97 Å². The second kappa shape index (κ2) is 8.64. The smallest absolute Gasteiger partial charge is 0.416 e. The van der Waals surface area contributed by atoms with Crippen molar-refractivity contribution < 1.29 is 22.8 Å². The molecule has 0 saturated carbocycles. The van der Waals surface area contributed by atoms with Crippen LogP contribution in [0.5, 0.6) is 5.75 Å². The number of nitrogens with zero attached hydrogens (tertiary/aromatic N) is 3. The lowest BCUT2D eigenvalue weighted by molar-refractivity contribution is -0.383. The summed E-state index contributed by atoms with van der Waals surface area (Å²) in [5.41, 5.74) is -0.204. The third-order valence-electron chi connectivity index (χ3n) is 4.10. The normalized spacial score (nSPS) is 11.1. The zero-order valence-electron chi connectivity index (χ0n) is 15.6. The number of benzene rings is 2. The van der Waals surface area contributed by atoms with E-state index in [0.29, 0.717) is 5.75 Å². The van der Waals surface area contributed by atoms with Crippen molar-refractivity contribution in [3.8, 4) is 5.75 Å². The lowest BCUT2D eigenvalue weighted by Gasteiger charge is -2.11. The van der Waals surface area contributed by atoms with E-state index in [2.05, 4.69) is 20.6 Å². The molecule has 8 nitrogen and oxygen atoms in total. The fraction of sp³-hybridized carbons (Fsp3) is 0.158. The quantitative estimate of drug-likeness (QED) is 0.420. The predicted molar refractivity (Wildman–Crippen MR) is 104 cm³/mol. The number of nitro groups is 1. The molecule has 0 aliphatic carbocycles. The number of rotatable bonds is 7. The standard InChI is InChI=1S/C19H16F3N5O3/c1-30-15-8-2-12(3-9-15)10-23-17-16(27(28)29)18(25-11-24-17)26-14-6-4-13(5-7-14)19(20,21)22/h2-9,11H,10H2,1H3,(H2,23,24,25,26). The highest BCUT2D eigenvalue weighted by Gasteiger charge is 2.30. The number of methoxy groups -OCH3 is 1. The van der Waals surface area contributed by atoms with Crippen LogP contribution in [0.4, 0.5) is 36.2 Å². The number of ether oxygens (including phenoxy) is 1. The summed E-state index contributed by atoms with van der Waals surface area (Å²) in [5, 5.41) is 17.1. The maximum absolute atomic E-state index is 12.7.